The van der Waals surface area contributed by atoms with E-state index in [0.717, 1.165) is 11.6 Å². The Kier molecular flexibility index (Phi) is 4.61. The van der Waals surface area contributed by atoms with Gasteiger partial charge in [-0.25, -0.2) is 4.98 Å². The lowest BCUT2D eigenvalue weighted by atomic mass is 9.94. The molecular weight excluding hydrogens is 333 g/mol. The Labute approximate surface area is 142 Å². The second-order valence-corrected chi connectivity index (χ2v) is 5.97. The minimum Gasteiger partial charge on any atom is -0.369 e. The van der Waals surface area contributed by atoms with E-state index < -0.39 is 11.7 Å². The first kappa shape index (κ1) is 17.2. The molecule has 5 nitrogen and oxygen atoms in total. The van der Waals surface area contributed by atoms with Gasteiger partial charge in [-0.1, -0.05) is 0 Å². The van der Waals surface area contributed by atoms with Gasteiger partial charge in [-0.2, -0.15) is 13.2 Å². The third-order valence-electron chi connectivity index (χ3n) is 4.39. The van der Waals surface area contributed by atoms with Gasteiger partial charge in [0.1, 0.15) is 5.82 Å². The molecule has 2 atom stereocenters. The Morgan fingerprint density at radius 3 is 2.64 bits per heavy atom. The SMILES string of the molecule is CN1C(=O)C[C@@H](CNc2ncccc2C(F)(F)F)[C@@H]1c1ccncc1. The maximum Gasteiger partial charge on any atom is 0.419 e. The van der Waals surface area contributed by atoms with Crippen LogP contribution in [0.3, 0.4) is 0 Å². The monoisotopic (exact) mass is 350 g/mol. The average Bonchev–Trinajstić information content (AvgIpc) is 2.87. The molecule has 0 unspecified atom stereocenters. The molecule has 2 aromatic rings. The van der Waals surface area contributed by atoms with E-state index in [2.05, 4.69) is 15.3 Å². The number of aromatic nitrogens is 2. The number of rotatable bonds is 4. The van der Waals surface area contributed by atoms with E-state index in [1.54, 1.807) is 24.3 Å². The average molecular weight is 350 g/mol. The van der Waals surface area contributed by atoms with Crippen molar-refractivity contribution < 1.29 is 18.0 Å². The van der Waals surface area contributed by atoms with Crippen LogP contribution >= 0.6 is 0 Å². The lowest BCUT2D eigenvalue weighted by Gasteiger charge is -2.26. The zero-order valence-corrected chi connectivity index (χ0v) is 13.5. The number of halogens is 3. The summed E-state index contributed by atoms with van der Waals surface area (Å²) in [6.45, 7) is 0.211. The number of carbonyl (C=O) groups excluding carboxylic acids is 1. The topological polar surface area (TPSA) is 58.1 Å². The van der Waals surface area contributed by atoms with E-state index in [1.165, 1.54) is 12.3 Å². The van der Waals surface area contributed by atoms with Crippen molar-refractivity contribution in [2.75, 3.05) is 18.9 Å². The zero-order valence-electron chi connectivity index (χ0n) is 13.5. The van der Waals surface area contributed by atoms with E-state index >= 15 is 0 Å². The van der Waals surface area contributed by atoms with Crippen LogP contribution in [0.4, 0.5) is 19.0 Å². The molecule has 1 saturated heterocycles. The molecular formula is C17H17F3N4O. The predicted octanol–water partition coefficient (Wildman–Crippen LogP) is 3.13. The summed E-state index contributed by atoms with van der Waals surface area (Å²) in [5.41, 5.74) is 0.0976. The summed E-state index contributed by atoms with van der Waals surface area (Å²) in [7, 11) is 1.70. The fourth-order valence-corrected chi connectivity index (χ4v) is 3.19. The molecule has 0 bridgehead atoms. The fourth-order valence-electron chi connectivity index (χ4n) is 3.19. The molecule has 0 aliphatic carbocycles. The van der Waals surface area contributed by atoms with Crippen molar-refractivity contribution in [3.8, 4) is 0 Å². The summed E-state index contributed by atoms with van der Waals surface area (Å²) >= 11 is 0. The number of amides is 1. The van der Waals surface area contributed by atoms with E-state index in [4.69, 9.17) is 0 Å². The van der Waals surface area contributed by atoms with Gasteiger partial charge in [0, 0.05) is 44.5 Å². The van der Waals surface area contributed by atoms with Crippen molar-refractivity contribution in [1.29, 1.82) is 0 Å². The van der Waals surface area contributed by atoms with E-state index in [9.17, 15) is 18.0 Å². The summed E-state index contributed by atoms with van der Waals surface area (Å²) in [4.78, 5) is 21.5. The van der Waals surface area contributed by atoms with Gasteiger partial charge in [0.15, 0.2) is 0 Å². The van der Waals surface area contributed by atoms with E-state index in [1.807, 2.05) is 12.1 Å². The Morgan fingerprint density at radius 2 is 1.96 bits per heavy atom. The number of carbonyl (C=O) groups is 1. The Morgan fingerprint density at radius 1 is 1.24 bits per heavy atom. The van der Waals surface area contributed by atoms with Crippen molar-refractivity contribution >= 4 is 11.7 Å². The fraction of sp³-hybridized carbons (Fsp3) is 0.353. The summed E-state index contributed by atoms with van der Waals surface area (Å²) in [6, 6.07) is 5.66. The molecule has 25 heavy (non-hydrogen) atoms. The largest absolute Gasteiger partial charge is 0.419 e. The van der Waals surface area contributed by atoms with E-state index in [-0.39, 0.29) is 36.7 Å². The van der Waals surface area contributed by atoms with Gasteiger partial charge in [0.2, 0.25) is 5.91 Å². The van der Waals surface area contributed by atoms with Crippen LogP contribution in [-0.2, 0) is 11.0 Å². The second-order valence-electron chi connectivity index (χ2n) is 5.97. The number of anilines is 1. The van der Waals surface area contributed by atoms with Gasteiger partial charge in [-0.3, -0.25) is 9.78 Å². The maximum atomic E-state index is 13.1. The van der Waals surface area contributed by atoms with Crippen molar-refractivity contribution in [2.24, 2.45) is 5.92 Å². The Balaban J connectivity index is 1.80. The molecule has 8 heteroatoms. The number of hydrogen-bond acceptors (Lipinski definition) is 4. The number of hydrogen-bond donors (Lipinski definition) is 1. The number of pyridine rings is 2. The molecule has 1 fully saturated rings. The number of nitrogens with zero attached hydrogens (tertiary/aromatic N) is 3. The quantitative estimate of drug-likeness (QED) is 0.920. The lowest BCUT2D eigenvalue weighted by Crippen LogP contribution is -2.27. The highest BCUT2D eigenvalue weighted by atomic mass is 19.4. The van der Waals surface area contributed by atoms with Gasteiger partial charge in [-0.15, -0.1) is 0 Å². The summed E-state index contributed by atoms with van der Waals surface area (Å²) in [5.74, 6) is -0.417. The predicted molar refractivity (Wildman–Crippen MR) is 85.6 cm³/mol. The molecule has 3 heterocycles. The van der Waals surface area contributed by atoms with Crippen LogP contribution in [-0.4, -0.2) is 34.4 Å². The Bertz CT molecular complexity index is 751. The third kappa shape index (κ3) is 3.57. The molecule has 0 radical (unpaired) electrons. The van der Waals surface area contributed by atoms with E-state index in [0.29, 0.717) is 0 Å². The van der Waals surface area contributed by atoms with Crippen molar-refractivity contribution in [3.05, 3.63) is 54.0 Å². The summed E-state index contributed by atoms with van der Waals surface area (Å²) in [6.07, 6.45) is 0.367. The summed E-state index contributed by atoms with van der Waals surface area (Å²) < 4.78 is 39.2. The van der Waals surface area contributed by atoms with Gasteiger partial charge in [0.05, 0.1) is 11.6 Å². The maximum absolute atomic E-state index is 13.1. The van der Waals surface area contributed by atoms with Gasteiger partial charge < -0.3 is 10.2 Å². The molecule has 0 spiro atoms. The highest BCUT2D eigenvalue weighted by Gasteiger charge is 2.39. The van der Waals surface area contributed by atoms with Crippen LogP contribution in [0.25, 0.3) is 0 Å². The van der Waals surface area contributed by atoms with Crippen molar-refractivity contribution in [3.63, 3.8) is 0 Å². The Hall–Kier alpha value is -2.64. The van der Waals surface area contributed by atoms with Crippen molar-refractivity contribution in [1.82, 2.24) is 14.9 Å². The molecule has 132 valence electrons. The van der Waals surface area contributed by atoms with Crippen LogP contribution in [0, 0.1) is 5.92 Å². The van der Waals surface area contributed by atoms with Gasteiger partial charge in [-0.05, 0) is 29.8 Å². The van der Waals surface area contributed by atoms with Crippen LogP contribution in [0.2, 0.25) is 0 Å². The standard InChI is InChI=1S/C17H17F3N4O/c1-24-14(25)9-12(15(24)11-4-7-21-8-5-11)10-23-16-13(17(18,19)20)3-2-6-22-16/h2-8,12,15H,9-10H2,1H3,(H,22,23)/t12-,15-/m0/s1. The molecule has 0 aromatic carbocycles. The van der Waals surface area contributed by atoms with Crippen LogP contribution < -0.4 is 5.32 Å². The molecule has 1 aliphatic rings. The first-order valence-electron chi connectivity index (χ1n) is 7.79. The van der Waals surface area contributed by atoms with Gasteiger partial charge in [0.25, 0.3) is 0 Å². The van der Waals surface area contributed by atoms with Crippen molar-refractivity contribution in [2.45, 2.75) is 18.6 Å². The first-order chi connectivity index (χ1) is 11.9. The van der Waals surface area contributed by atoms with Crippen LogP contribution in [0.15, 0.2) is 42.9 Å². The molecule has 2 aromatic heterocycles. The molecule has 1 N–H and O–H groups in total. The minimum absolute atomic E-state index is 0.0364. The van der Waals surface area contributed by atoms with Gasteiger partial charge >= 0.3 is 6.18 Å². The smallest absolute Gasteiger partial charge is 0.369 e. The second kappa shape index (κ2) is 6.70. The molecule has 3 rings (SSSR count). The normalized spacial score (nSPS) is 20.8. The number of alkyl halides is 3. The number of nitrogens with one attached hydrogen (secondary N) is 1. The molecule has 1 amide bonds. The van der Waals surface area contributed by atoms with Crippen LogP contribution in [0.1, 0.15) is 23.6 Å². The number of likely N-dealkylation sites (tertiary alicyclic amines) is 1. The zero-order chi connectivity index (χ0) is 18.0. The lowest BCUT2D eigenvalue weighted by molar-refractivity contribution is -0.137. The first-order valence-corrected chi connectivity index (χ1v) is 7.79. The molecule has 1 aliphatic heterocycles. The molecule has 0 saturated carbocycles. The minimum atomic E-state index is -4.48. The highest BCUT2D eigenvalue weighted by molar-refractivity contribution is 5.79. The summed E-state index contributed by atoms with van der Waals surface area (Å²) in [5, 5.41) is 2.78. The van der Waals surface area contributed by atoms with Crippen LogP contribution in [0.5, 0.6) is 0 Å². The third-order valence-corrected chi connectivity index (χ3v) is 4.39. The highest BCUT2D eigenvalue weighted by Crippen LogP contribution is 2.38.